The Morgan fingerprint density at radius 3 is 2.30 bits per heavy atom. The van der Waals surface area contributed by atoms with E-state index in [2.05, 4.69) is 11.8 Å². The first-order chi connectivity index (χ1) is 11.2. The SMILES string of the molecule is COc1ccc(N2C(=O)[C@H](OC)[C@@H]2C#Cc2ccccc2)cc1. The van der Waals surface area contributed by atoms with Crippen molar-refractivity contribution in [3.63, 3.8) is 0 Å². The molecule has 1 fully saturated rings. The molecule has 2 aromatic rings. The first-order valence-corrected chi connectivity index (χ1v) is 7.31. The summed E-state index contributed by atoms with van der Waals surface area (Å²) < 4.78 is 10.4. The topological polar surface area (TPSA) is 38.8 Å². The van der Waals surface area contributed by atoms with Gasteiger partial charge in [-0.15, -0.1) is 0 Å². The van der Waals surface area contributed by atoms with Crippen LogP contribution in [0.1, 0.15) is 5.56 Å². The van der Waals surface area contributed by atoms with Gasteiger partial charge in [0.2, 0.25) is 0 Å². The third kappa shape index (κ3) is 2.92. The molecule has 0 radical (unpaired) electrons. The number of β-lactam (4-membered cyclic amide) rings is 1. The molecule has 4 heteroatoms. The van der Waals surface area contributed by atoms with E-state index >= 15 is 0 Å². The van der Waals surface area contributed by atoms with Gasteiger partial charge in [-0.2, -0.15) is 0 Å². The third-order valence-corrected chi connectivity index (χ3v) is 3.79. The molecule has 1 aliphatic rings. The molecule has 0 spiro atoms. The average molecular weight is 307 g/mol. The van der Waals surface area contributed by atoms with E-state index in [0.717, 1.165) is 17.0 Å². The van der Waals surface area contributed by atoms with Crippen LogP contribution in [0, 0.1) is 11.8 Å². The van der Waals surface area contributed by atoms with Gasteiger partial charge in [0.05, 0.1) is 7.11 Å². The van der Waals surface area contributed by atoms with Crippen LogP contribution in [0.2, 0.25) is 0 Å². The minimum Gasteiger partial charge on any atom is -0.497 e. The van der Waals surface area contributed by atoms with Gasteiger partial charge in [0, 0.05) is 18.4 Å². The highest BCUT2D eigenvalue weighted by Crippen LogP contribution is 2.30. The Hall–Kier alpha value is -2.77. The normalized spacial score (nSPS) is 19.6. The molecule has 3 rings (SSSR count). The lowest BCUT2D eigenvalue weighted by Crippen LogP contribution is -2.65. The number of amides is 1. The summed E-state index contributed by atoms with van der Waals surface area (Å²) in [5, 5.41) is 0. The molecular formula is C19H17NO3. The monoisotopic (exact) mass is 307 g/mol. The van der Waals surface area contributed by atoms with E-state index in [0.29, 0.717) is 0 Å². The van der Waals surface area contributed by atoms with Crippen molar-refractivity contribution in [2.45, 2.75) is 12.1 Å². The molecular weight excluding hydrogens is 290 g/mol. The highest BCUT2D eigenvalue weighted by Gasteiger charge is 2.47. The van der Waals surface area contributed by atoms with Gasteiger partial charge in [-0.3, -0.25) is 9.69 Å². The van der Waals surface area contributed by atoms with Crippen LogP contribution in [0.5, 0.6) is 5.75 Å². The number of hydrogen-bond acceptors (Lipinski definition) is 3. The summed E-state index contributed by atoms with van der Waals surface area (Å²) in [6.07, 6.45) is -0.520. The van der Waals surface area contributed by atoms with Crippen LogP contribution in [0.25, 0.3) is 0 Å². The molecule has 0 aliphatic carbocycles. The molecule has 1 heterocycles. The molecule has 2 atom stereocenters. The Balaban J connectivity index is 1.86. The highest BCUT2D eigenvalue weighted by molar-refractivity contribution is 6.06. The second-order valence-corrected chi connectivity index (χ2v) is 5.14. The third-order valence-electron chi connectivity index (χ3n) is 3.79. The smallest absolute Gasteiger partial charge is 0.260 e. The number of benzene rings is 2. The number of anilines is 1. The largest absolute Gasteiger partial charge is 0.497 e. The van der Waals surface area contributed by atoms with Gasteiger partial charge in [-0.1, -0.05) is 30.0 Å². The number of carbonyl (C=O) groups is 1. The first kappa shape index (κ1) is 15.1. The first-order valence-electron chi connectivity index (χ1n) is 7.31. The Kier molecular flexibility index (Phi) is 4.31. The average Bonchev–Trinajstić information content (AvgIpc) is 2.60. The lowest BCUT2D eigenvalue weighted by atomic mass is 9.96. The zero-order chi connectivity index (χ0) is 16.2. The predicted molar refractivity (Wildman–Crippen MR) is 88.4 cm³/mol. The maximum Gasteiger partial charge on any atom is 0.260 e. The summed E-state index contributed by atoms with van der Waals surface area (Å²) in [7, 11) is 3.14. The highest BCUT2D eigenvalue weighted by atomic mass is 16.5. The number of rotatable bonds is 3. The molecule has 0 unspecified atom stereocenters. The van der Waals surface area contributed by atoms with Gasteiger partial charge in [-0.25, -0.2) is 0 Å². The predicted octanol–water partition coefficient (Wildman–Crippen LogP) is 2.48. The van der Waals surface area contributed by atoms with E-state index in [9.17, 15) is 4.79 Å². The molecule has 2 aromatic carbocycles. The molecule has 1 amide bonds. The van der Waals surface area contributed by atoms with Crippen LogP contribution in [0.4, 0.5) is 5.69 Å². The summed E-state index contributed by atoms with van der Waals surface area (Å²) in [6, 6.07) is 16.7. The lowest BCUT2D eigenvalue weighted by molar-refractivity contribution is -0.137. The standard InChI is InChI=1S/C19H17NO3/c1-22-16-11-9-15(10-12-16)20-17(18(23-2)19(20)21)13-8-14-6-4-3-5-7-14/h3-7,9-12,17-18H,1-2H3/t17-,18+/m0/s1. The van der Waals surface area contributed by atoms with E-state index in [1.54, 1.807) is 12.0 Å². The zero-order valence-electron chi connectivity index (χ0n) is 13.0. The summed E-state index contributed by atoms with van der Waals surface area (Å²) >= 11 is 0. The Bertz CT molecular complexity index is 744. The van der Waals surface area contributed by atoms with Crippen LogP contribution in [0.15, 0.2) is 54.6 Å². The molecule has 0 N–H and O–H groups in total. The van der Waals surface area contributed by atoms with Crippen LogP contribution < -0.4 is 9.64 Å². The summed E-state index contributed by atoms with van der Waals surface area (Å²) in [6.45, 7) is 0. The maximum absolute atomic E-state index is 12.3. The van der Waals surface area contributed by atoms with E-state index in [-0.39, 0.29) is 11.9 Å². The summed E-state index contributed by atoms with van der Waals surface area (Å²) in [5.74, 6) is 6.92. The van der Waals surface area contributed by atoms with Crippen LogP contribution in [0.3, 0.4) is 0 Å². The van der Waals surface area contributed by atoms with Crippen molar-refractivity contribution in [2.75, 3.05) is 19.1 Å². The van der Waals surface area contributed by atoms with Gasteiger partial charge in [0.25, 0.3) is 5.91 Å². The summed E-state index contributed by atoms with van der Waals surface area (Å²) in [5.41, 5.74) is 1.70. The van der Waals surface area contributed by atoms with Crippen molar-refractivity contribution in [2.24, 2.45) is 0 Å². The van der Waals surface area contributed by atoms with Gasteiger partial charge < -0.3 is 9.47 Å². The van der Waals surface area contributed by atoms with Crippen molar-refractivity contribution in [1.82, 2.24) is 0 Å². The number of carbonyl (C=O) groups excluding carboxylic acids is 1. The molecule has 0 saturated carbocycles. The summed E-state index contributed by atoms with van der Waals surface area (Å²) in [4.78, 5) is 13.9. The number of methoxy groups -OCH3 is 2. The lowest BCUT2D eigenvalue weighted by Gasteiger charge is -2.43. The molecule has 1 aliphatic heterocycles. The second kappa shape index (κ2) is 6.55. The van der Waals surface area contributed by atoms with Gasteiger partial charge in [0.1, 0.15) is 11.8 Å². The van der Waals surface area contributed by atoms with Crippen molar-refractivity contribution >= 4 is 11.6 Å². The molecule has 0 aromatic heterocycles. The minimum absolute atomic E-state index is 0.0787. The van der Waals surface area contributed by atoms with Crippen molar-refractivity contribution in [3.05, 3.63) is 60.2 Å². The van der Waals surface area contributed by atoms with Crippen molar-refractivity contribution in [3.8, 4) is 17.6 Å². The molecule has 0 bridgehead atoms. The van der Waals surface area contributed by atoms with Gasteiger partial charge in [-0.05, 0) is 36.4 Å². The van der Waals surface area contributed by atoms with E-state index < -0.39 is 6.10 Å². The molecule has 23 heavy (non-hydrogen) atoms. The van der Waals surface area contributed by atoms with Gasteiger partial charge >= 0.3 is 0 Å². The Morgan fingerprint density at radius 1 is 1.00 bits per heavy atom. The molecule has 4 nitrogen and oxygen atoms in total. The molecule has 1 saturated heterocycles. The number of nitrogens with zero attached hydrogens (tertiary/aromatic N) is 1. The minimum atomic E-state index is -0.520. The fourth-order valence-corrected chi connectivity index (χ4v) is 2.54. The zero-order valence-corrected chi connectivity index (χ0v) is 13.0. The maximum atomic E-state index is 12.3. The quantitative estimate of drug-likeness (QED) is 0.646. The number of ether oxygens (including phenoxy) is 2. The number of hydrogen-bond donors (Lipinski definition) is 0. The fraction of sp³-hybridized carbons (Fsp3) is 0.211. The van der Waals surface area contributed by atoms with Crippen LogP contribution in [-0.4, -0.2) is 32.3 Å². The van der Waals surface area contributed by atoms with Crippen LogP contribution in [-0.2, 0) is 9.53 Å². The van der Waals surface area contributed by atoms with E-state index in [1.807, 2.05) is 54.6 Å². The second-order valence-electron chi connectivity index (χ2n) is 5.14. The van der Waals surface area contributed by atoms with E-state index in [4.69, 9.17) is 9.47 Å². The van der Waals surface area contributed by atoms with Gasteiger partial charge in [0.15, 0.2) is 6.10 Å². The Labute approximate surface area is 135 Å². The van der Waals surface area contributed by atoms with Crippen molar-refractivity contribution in [1.29, 1.82) is 0 Å². The van der Waals surface area contributed by atoms with E-state index in [1.165, 1.54) is 7.11 Å². The molecule has 116 valence electrons. The Morgan fingerprint density at radius 2 is 1.70 bits per heavy atom. The fourth-order valence-electron chi connectivity index (χ4n) is 2.54. The van der Waals surface area contributed by atoms with Crippen LogP contribution >= 0.6 is 0 Å². The van der Waals surface area contributed by atoms with Crippen molar-refractivity contribution < 1.29 is 14.3 Å².